The molecule has 3 N–H and O–H groups in total. The smallest absolute Gasteiger partial charge is 0.293 e. The molecule has 0 aliphatic rings. The fourth-order valence-electron chi connectivity index (χ4n) is 1.85. The van der Waals surface area contributed by atoms with Crippen LogP contribution in [0.1, 0.15) is 31.1 Å². The molecule has 0 aliphatic heterocycles. The normalized spacial score (nSPS) is 10.4. The van der Waals surface area contributed by atoms with Gasteiger partial charge in [-0.3, -0.25) is 20.8 Å². The van der Waals surface area contributed by atoms with Crippen LogP contribution in [-0.2, 0) is 0 Å². The van der Waals surface area contributed by atoms with Gasteiger partial charge in [0.05, 0.1) is 4.92 Å². The number of nitrogens with two attached hydrogens (primary N) is 1. The van der Waals surface area contributed by atoms with Crippen LogP contribution in [0.2, 0.25) is 0 Å². The maximum absolute atomic E-state index is 12.3. The summed E-state index contributed by atoms with van der Waals surface area (Å²) in [6.07, 6.45) is 0. The van der Waals surface area contributed by atoms with Crippen molar-refractivity contribution in [2.45, 2.75) is 26.8 Å². The summed E-state index contributed by atoms with van der Waals surface area (Å²) in [5.74, 6) is 5.07. The zero-order chi connectivity index (χ0) is 14.6. The van der Waals surface area contributed by atoms with Crippen molar-refractivity contribution in [2.24, 2.45) is 5.84 Å². The van der Waals surface area contributed by atoms with Gasteiger partial charge in [0.15, 0.2) is 0 Å². The van der Waals surface area contributed by atoms with Gasteiger partial charge < -0.3 is 10.3 Å². The first-order valence-electron chi connectivity index (χ1n) is 5.98. The van der Waals surface area contributed by atoms with Crippen molar-refractivity contribution >= 4 is 17.3 Å². The maximum atomic E-state index is 12.3. The highest BCUT2D eigenvalue weighted by Crippen LogP contribution is 2.25. The van der Waals surface area contributed by atoms with Gasteiger partial charge in [-0.25, -0.2) is 0 Å². The number of anilines is 1. The van der Waals surface area contributed by atoms with Crippen molar-refractivity contribution in [3.05, 3.63) is 33.9 Å². The Morgan fingerprint density at radius 2 is 2.16 bits per heavy atom. The van der Waals surface area contributed by atoms with E-state index in [1.54, 1.807) is 4.90 Å². The Balaban J connectivity index is 3.15. The van der Waals surface area contributed by atoms with E-state index < -0.39 is 4.92 Å². The molecule has 0 heterocycles. The molecule has 1 aromatic carbocycles. The third-order valence-electron chi connectivity index (χ3n) is 2.82. The van der Waals surface area contributed by atoms with Crippen molar-refractivity contribution in [1.82, 2.24) is 4.90 Å². The van der Waals surface area contributed by atoms with Crippen LogP contribution in [-0.4, -0.2) is 28.3 Å². The summed E-state index contributed by atoms with van der Waals surface area (Å²) in [5.41, 5.74) is 2.58. The Bertz CT molecular complexity index is 488. The maximum Gasteiger partial charge on any atom is 0.293 e. The van der Waals surface area contributed by atoms with E-state index in [0.717, 1.165) is 0 Å². The van der Waals surface area contributed by atoms with Gasteiger partial charge >= 0.3 is 0 Å². The van der Waals surface area contributed by atoms with Crippen LogP contribution < -0.4 is 11.3 Å². The molecule has 0 atom stereocenters. The summed E-state index contributed by atoms with van der Waals surface area (Å²) in [6.45, 7) is 6.27. The van der Waals surface area contributed by atoms with Crippen LogP contribution in [0.3, 0.4) is 0 Å². The molecule has 1 rings (SSSR count). The number of amides is 1. The average Bonchev–Trinajstić information content (AvgIpc) is 2.37. The SMILES string of the molecule is CCN(C(=O)c1ccc([N+](=O)[O-])c(NN)c1)C(C)C. The first-order valence-corrected chi connectivity index (χ1v) is 5.98. The summed E-state index contributed by atoms with van der Waals surface area (Å²) >= 11 is 0. The fourth-order valence-corrected chi connectivity index (χ4v) is 1.85. The summed E-state index contributed by atoms with van der Waals surface area (Å²) in [7, 11) is 0. The van der Waals surface area contributed by atoms with Crippen LogP contribution in [0.15, 0.2) is 18.2 Å². The lowest BCUT2D eigenvalue weighted by atomic mass is 10.1. The molecule has 7 heteroatoms. The van der Waals surface area contributed by atoms with Gasteiger partial charge in [-0.05, 0) is 32.9 Å². The monoisotopic (exact) mass is 266 g/mol. The van der Waals surface area contributed by atoms with E-state index in [9.17, 15) is 14.9 Å². The van der Waals surface area contributed by atoms with Crippen LogP contribution in [0.5, 0.6) is 0 Å². The van der Waals surface area contributed by atoms with Gasteiger partial charge in [-0.2, -0.15) is 0 Å². The zero-order valence-corrected chi connectivity index (χ0v) is 11.2. The number of nitrogens with one attached hydrogen (secondary N) is 1. The number of nitrogens with zero attached hydrogens (tertiary/aromatic N) is 2. The number of hydrogen-bond donors (Lipinski definition) is 2. The Morgan fingerprint density at radius 1 is 1.53 bits per heavy atom. The molecule has 1 amide bonds. The minimum absolute atomic E-state index is 0.0574. The van der Waals surface area contributed by atoms with Gasteiger partial charge in [0, 0.05) is 24.2 Å². The first kappa shape index (κ1) is 14.9. The summed E-state index contributed by atoms with van der Waals surface area (Å²) < 4.78 is 0. The van der Waals surface area contributed by atoms with Gasteiger partial charge in [0.25, 0.3) is 11.6 Å². The molecule has 0 unspecified atom stereocenters. The highest BCUT2D eigenvalue weighted by molar-refractivity contribution is 5.96. The first-order chi connectivity index (χ1) is 8.92. The van der Waals surface area contributed by atoms with E-state index in [4.69, 9.17) is 5.84 Å². The average molecular weight is 266 g/mol. The fraction of sp³-hybridized carbons (Fsp3) is 0.417. The van der Waals surface area contributed by atoms with E-state index in [2.05, 4.69) is 5.43 Å². The molecular weight excluding hydrogens is 248 g/mol. The molecule has 0 saturated heterocycles. The lowest BCUT2D eigenvalue weighted by Crippen LogP contribution is -2.36. The van der Waals surface area contributed by atoms with Gasteiger partial charge in [0.1, 0.15) is 5.69 Å². The topological polar surface area (TPSA) is 102 Å². The Morgan fingerprint density at radius 3 is 2.58 bits per heavy atom. The van der Waals surface area contributed by atoms with Crippen molar-refractivity contribution in [1.29, 1.82) is 0 Å². The van der Waals surface area contributed by atoms with Gasteiger partial charge in [0.2, 0.25) is 0 Å². The highest BCUT2D eigenvalue weighted by Gasteiger charge is 2.20. The number of hydrazine groups is 1. The molecule has 0 saturated carbocycles. The van der Waals surface area contributed by atoms with Crippen molar-refractivity contribution in [3.8, 4) is 0 Å². The standard InChI is InChI=1S/C12H18N4O3/c1-4-15(8(2)3)12(17)9-5-6-11(16(18)19)10(7-9)14-13/h5-8,14H,4,13H2,1-3H3. The Hall–Kier alpha value is -2.15. The van der Waals surface area contributed by atoms with Crippen molar-refractivity contribution in [2.75, 3.05) is 12.0 Å². The summed E-state index contributed by atoms with van der Waals surface area (Å²) in [6, 6.07) is 4.16. The lowest BCUT2D eigenvalue weighted by Gasteiger charge is -2.25. The molecule has 0 spiro atoms. The number of benzene rings is 1. The van der Waals surface area contributed by atoms with Crippen LogP contribution in [0.25, 0.3) is 0 Å². The highest BCUT2D eigenvalue weighted by atomic mass is 16.6. The van der Waals surface area contributed by atoms with Crippen LogP contribution >= 0.6 is 0 Å². The predicted octanol–water partition coefficient (Wildman–Crippen LogP) is 1.75. The molecule has 1 aromatic rings. The molecule has 0 fully saturated rings. The molecule has 0 bridgehead atoms. The minimum Gasteiger partial charge on any atom is -0.337 e. The molecular formula is C12H18N4O3. The van der Waals surface area contributed by atoms with E-state index in [1.807, 2.05) is 20.8 Å². The number of hydrogen-bond acceptors (Lipinski definition) is 5. The van der Waals surface area contributed by atoms with Crippen molar-refractivity contribution < 1.29 is 9.72 Å². The van der Waals surface area contributed by atoms with Crippen molar-refractivity contribution in [3.63, 3.8) is 0 Å². The van der Waals surface area contributed by atoms with E-state index >= 15 is 0 Å². The molecule has 7 nitrogen and oxygen atoms in total. The van der Waals surface area contributed by atoms with E-state index in [1.165, 1.54) is 18.2 Å². The number of carbonyl (C=O) groups is 1. The number of nitro benzene ring substituents is 1. The largest absolute Gasteiger partial charge is 0.337 e. The van der Waals surface area contributed by atoms with E-state index in [0.29, 0.717) is 12.1 Å². The zero-order valence-electron chi connectivity index (χ0n) is 11.2. The summed E-state index contributed by atoms with van der Waals surface area (Å²) in [5, 5.41) is 10.8. The number of rotatable bonds is 5. The number of nitrogen functional groups attached to an aromatic ring is 1. The number of carbonyl (C=O) groups excluding carboxylic acids is 1. The van der Waals surface area contributed by atoms with Crippen LogP contribution in [0, 0.1) is 10.1 Å². The molecule has 19 heavy (non-hydrogen) atoms. The Kier molecular flexibility index (Phi) is 4.82. The van der Waals surface area contributed by atoms with Gasteiger partial charge in [-0.15, -0.1) is 0 Å². The molecule has 0 aliphatic carbocycles. The quantitative estimate of drug-likeness (QED) is 0.480. The van der Waals surface area contributed by atoms with Crippen LogP contribution in [0.4, 0.5) is 11.4 Å². The second-order valence-corrected chi connectivity index (χ2v) is 4.32. The summed E-state index contributed by atoms with van der Waals surface area (Å²) in [4.78, 5) is 24.1. The Labute approximate surface area is 111 Å². The van der Waals surface area contributed by atoms with Gasteiger partial charge in [-0.1, -0.05) is 0 Å². The second kappa shape index (κ2) is 6.14. The second-order valence-electron chi connectivity index (χ2n) is 4.32. The minimum atomic E-state index is -0.552. The van der Waals surface area contributed by atoms with E-state index in [-0.39, 0.29) is 23.3 Å². The third-order valence-corrected chi connectivity index (χ3v) is 2.82. The third kappa shape index (κ3) is 3.19. The lowest BCUT2D eigenvalue weighted by molar-refractivity contribution is -0.384. The number of nitro groups is 1. The molecule has 104 valence electrons. The predicted molar refractivity (Wildman–Crippen MR) is 72.8 cm³/mol. The molecule has 0 radical (unpaired) electrons. The molecule has 0 aromatic heterocycles.